The molecule has 0 radical (unpaired) electrons. The number of fused-ring (bicyclic) bond motifs is 1. The number of hydrogen-bond acceptors (Lipinski definition) is 2. The quantitative estimate of drug-likeness (QED) is 0.830. The summed E-state index contributed by atoms with van der Waals surface area (Å²) >= 11 is 0. The SMILES string of the molecule is CC(CCc1ccccc1)N1CC2CCCN2CC1C. The zero-order valence-corrected chi connectivity index (χ0v) is 13.0. The van der Waals surface area contributed by atoms with Crippen molar-refractivity contribution in [2.75, 3.05) is 19.6 Å². The molecule has 2 heteroatoms. The van der Waals surface area contributed by atoms with E-state index >= 15 is 0 Å². The van der Waals surface area contributed by atoms with E-state index in [0.717, 1.165) is 12.1 Å². The van der Waals surface area contributed by atoms with Crippen LogP contribution in [0, 0.1) is 0 Å². The van der Waals surface area contributed by atoms with Gasteiger partial charge < -0.3 is 0 Å². The van der Waals surface area contributed by atoms with Crippen LogP contribution in [0.1, 0.15) is 38.7 Å². The summed E-state index contributed by atoms with van der Waals surface area (Å²) in [5.41, 5.74) is 1.48. The van der Waals surface area contributed by atoms with Gasteiger partial charge in [0.15, 0.2) is 0 Å². The van der Waals surface area contributed by atoms with Gasteiger partial charge in [-0.05, 0) is 51.6 Å². The number of piperazine rings is 1. The van der Waals surface area contributed by atoms with E-state index in [4.69, 9.17) is 0 Å². The third-order valence-electron chi connectivity index (χ3n) is 5.25. The van der Waals surface area contributed by atoms with Gasteiger partial charge in [-0.2, -0.15) is 0 Å². The summed E-state index contributed by atoms with van der Waals surface area (Å²) in [6, 6.07) is 13.2. The third kappa shape index (κ3) is 3.07. The lowest BCUT2D eigenvalue weighted by Crippen LogP contribution is -2.57. The number of aryl methyl sites for hydroxylation is 1. The molecule has 0 N–H and O–H groups in total. The van der Waals surface area contributed by atoms with E-state index in [1.54, 1.807) is 0 Å². The molecule has 2 saturated heterocycles. The first-order valence-electron chi connectivity index (χ1n) is 8.28. The molecule has 1 aromatic rings. The number of benzene rings is 1. The summed E-state index contributed by atoms with van der Waals surface area (Å²) in [6.07, 6.45) is 5.30. The molecule has 110 valence electrons. The molecular formula is C18H28N2. The van der Waals surface area contributed by atoms with Crippen LogP contribution < -0.4 is 0 Å². The maximum atomic E-state index is 2.76. The standard InChI is InChI=1S/C18H28N2/c1-15(10-11-17-7-4-3-5-8-17)20-14-18-9-6-12-19(18)13-16(20)2/h3-5,7-8,15-16,18H,6,9-14H2,1-2H3. The largest absolute Gasteiger partial charge is 0.298 e. The summed E-state index contributed by atoms with van der Waals surface area (Å²) in [7, 11) is 0. The molecule has 1 aromatic carbocycles. The second kappa shape index (κ2) is 6.28. The lowest BCUT2D eigenvalue weighted by molar-refractivity contribution is 0.0307. The summed E-state index contributed by atoms with van der Waals surface area (Å²) in [4.78, 5) is 5.47. The van der Waals surface area contributed by atoms with Gasteiger partial charge in [0.2, 0.25) is 0 Å². The molecule has 2 aliphatic rings. The molecule has 2 heterocycles. The molecular weight excluding hydrogens is 244 g/mol. The fourth-order valence-corrected chi connectivity index (χ4v) is 4.01. The first-order chi connectivity index (χ1) is 9.74. The van der Waals surface area contributed by atoms with E-state index in [-0.39, 0.29) is 0 Å². The summed E-state index contributed by atoms with van der Waals surface area (Å²) < 4.78 is 0. The van der Waals surface area contributed by atoms with Crippen LogP contribution >= 0.6 is 0 Å². The van der Waals surface area contributed by atoms with Crippen LogP contribution in [0.2, 0.25) is 0 Å². The third-order valence-corrected chi connectivity index (χ3v) is 5.25. The minimum Gasteiger partial charge on any atom is -0.298 e. The highest BCUT2D eigenvalue weighted by molar-refractivity contribution is 5.14. The van der Waals surface area contributed by atoms with Crippen molar-refractivity contribution in [3.8, 4) is 0 Å². The van der Waals surface area contributed by atoms with Crippen molar-refractivity contribution in [2.45, 2.75) is 57.7 Å². The molecule has 0 aromatic heterocycles. The molecule has 0 amide bonds. The average molecular weight is 272 g/mol. The van der Waals surface area contributed by atoms with Crippen molar-refractivity contribution in [1.29, 1.82) is 0 Å². The molecule has 20 heavy (non-hydrogen) atoms. The average Bonchev–Trinajstić information content (AvgIpc) is 2.92. The minimum absolute atomic E-state index is 0.702. The van der Waals surface area contributed by atoms with Crippen LogP contribution in [0.25, 0.3) is 0 Å². The summed E-state index contributed by atoms with van der Waals surface area (Å²) in [6.45, 7) is 8.73. The molecule has 0 spiro atoms. The van der Waals surface area contributed by atoms with Crippen molar-refractivity contribution in [2.24, 2.45) is 0 Å². The Morgan fingerprint density at radius 1 is 1.20 bits per heavy atom. The summed E-state index contributed by atoms with van der Waals surface area (Å²) in [5.74, 6) is 0. The maximum absolute atomic E-state index is 2.76. The lowest BCUT2D eigenvalue weighted by Gasteiger charge is -2.45. The van der Waals surface area contributed by atoms with Crippen molar-refractivity contribution in [3.63, 3.8) is 0 Å². The van der Waals surface area contributed by atoms with Gasteiger partial charge in [0.05, 0.1) is 0 Å². The van der Waals surface area contributed by atoms with Crippen molar-refractivity contribution < 1.29 is 0 Å². The molecule has 3 atom stereocenters. The Morgan fingerprint density at radius 3 is 2.80 bits per heavy atom. The second-order valence-corrected chi connectivity index (χ2v) is 6.71. The van der Waals surface area contributed by atoms with Crippen LogP contribution in [0.3, 0.4) is 0 Å². The Kier molecular flexibility index (Phi) is 4.42. The van der Waals surface area contributed by atoms with Gasteiger partial charge in [0, 0.05) is 31.2 Å². The van der Waals surface area contributed by atoms with Crippen molar-refractivity contribution in [1.82, 2.24) is 9.80 Å². The molecule has 2 aliphatic heterocycles. The molecule has 0 bridgehead atoms. The number of rotatable bonds is 4. The van der Waals surface area contributed by atoms with Gasteiger partial charge in [0.1, 0.15) is 0 Å². The van der Waals surface area contributed by atoms with E-state index in [1.165, 1.54) is 50.9 Å². The lowest BCUT2D eigenvalue weighted by atomic mass is 10.0. The van der Waals surface area contributed by atoms with Crippen molar-refractivity contribution >= 4 is 0 Å². The van der Waals surface area contributed by atoms with E-state index in [2.05, 4.69) is 54.0 Å². The Balaban J connectivity index is 1.55. The highest BCUT2D eigenvalue weighted by atomic mass is 15.3. The Labute approximate surface area is 123 Å². The second-order valence-electron chi connectivity index (χ2n) is 6.71. The zero-order chi connectivity index (χ0) is 13.9. The monoisotopic (exact) mass is 272 g/mol. The van der Waals surface area contributed by atoms with E-state index < -0.39 is 0 Å². The Bertz CT molecular complexity index is 417. The van der Waals surface area contributed by atoms with E-state index in [1.807, 2.05) is 0 Å². The van der Waals surface area contributed by atoms with Gasteiger partial charge in [-0.25, -0.2) is 0 Å². The maximum Gasteiger partial charge on any atom is 0.0224 e. The van der Waals surface area contributed by atoms with Gasteiger partial charge in [0.25, 0.3) is 0 Å². The Hall–Kier alpha value is -0.860. The van der Waals surface area contributed by atoms with Gasteiger partial charge >= 0.3 is 0 Å². The Morgan fingerprint density at radius 2 is 2.00 bits per heavy atom. The predicted octanol–water partition coefficient (Wildman–Crippen LogP) is 3.18. The molecule has 3 unspecified atom stereocenters. The molecule has 2 nitrogen and oxygen atoms in total. The molecule has 0 aliphatic carbocycles. The first-order valence-corrected chi connectivity index (χ1v) is 8.28. The molecule has 2 fully saturated rings. The fourth-order valence-electron chi connectivity index (χ4n) is 4.01. The molecule has 3 rings (SSSR count). The minimum atomic E-state index is 0.702. The van der Waals surface area contributed by atoms with E-state index in [9.17, 15) is 0 Å². The van der Waals surface area contributed by atoms with Gasteiger partial charge in [-0.3, -0.25) is 9.80 Å². The number of nitrogens with zero attached hydrogens (tertiary/aromatic N) is 2. The first kappa shape index (κ1) is 14.1. The van der Waals surface area contributed by atoms with Gasteiger partial charge in [-0.1, -0.05) is 30.3 Å². The van der Waals surface area contributed by atoms with Gasteiger partial charge in [-0.15, -0.1) is 0 Å². The topological polar surface area (TPSA) is 6.48 Å². The highest BCUT2D eigenvalue weighted by Gasteiger charge is 2.35. The zero-order valence-electron chi connectivity index (χ0n) is 13.0. The number of hydrogen-bond donors (Lipinski definition) is 0. The summed E-state index contributed by atoms with van der Waals surface area (Å²) in [5, 5.41) is 0. The van der Waals surface area contributed by atoms with Crippen LogP contribution in [0.5, 0.6) is 0 Å². The smallest absolute Gasteiger partial charge is 0.0224 e. The van der Waals surface area contributed by atoms with Crippen LogP contribution in [0.4, 0.5) is 0 Å². The van der Waals surface area contributed by atoms with Crippen molar-refractivity contribution in [3.05, 3.63) is 35.9 Å². The van der Waals surface area contributed by atoms with Crippen LogP contribution in [0.15, 0.2) is 30.3 Å². The normalized spacial score (nSPS) is 29.3. The highest BCUT2D eigenvalue weighted by Crippen LogP contribution is 2.26. The van der Waals surface area contributed by atoms with Crippen LogP contribution in [-0.2, 0) is 6.42 Å². The predicted molar refractivity (Wildman–Crippen MR) is 85.0 cm³/mol. The fraction of sp³-hybridized carbons (Fsp3) is 0.667. The molecule has 0 saturated carbocycles. The van der Waals surface area contributed by atoms with Crippen LogP contribution in [-0.4, -0.2) is 47.6 Å². The van der Waals surface area contributed by atoms with E-state index in [0.29, 0.717) is 6.04 Å².